The summed E-state index contributed by atoms with van der Waals surface area (Å²) in [5, 5.41) is 9.26. The molecule has 1 aliphatic rings. The number of rotatable bonds is 4. The van der Waals surface area contributed by atoms with Gasteiger partial charge in [0.05, 0.1) is 0 Å². The molecule has 1 aromatic carbocycles. The minimum Gasteiger partial charge on any atom is -0.396 e. The predicted octanol–water partition coefficient (Wildman–Crippen LogP) is 3.97. The van der Waals surface area contributed by atoms with Crippen LogP contribution in [0.3, 0.4) is 0 Å². The van der Waals surface area contributed by atoms with Gasteiger partial charge in [-0.25, -0.2) is 4.98 Å². The molecule has 1 aromatic heterocycles. The Morgan fingerprint density at radius 2 is 1.82 bits per heavy atom. The lowest BCUT2D eigenvalue weighted by atomic mass is 9.82. The van der Waals surface area contributed by atoms with Crippen molar-refractivity contribution in [1.82, 2.24) is 9.55 Å². The smallest absolute Gasteiger partial charge is 0.139 e. The summed E-state index contributed by atoms with van der Waals surface area (Å²) in [6.07, 6.45) is 8.77. The number of aromatic nitrogens is 2. The first-order chi connectivity index (χ1) is 10.7. The van der Waals surface area contributed by atoms with Crippen LogP contribution >= 0.6 is 0 Å². The van der Waals surface area contributed by atoms with Crippen LogP contribution in [0.1, 0.15) is 36.8 Å². The Kier molecular flexibility index (Phi) is 4.63. The molecular formula is C19H26N2O. The van der Waals surface area contributed by atoms with Crippen molar-refractivity contribution in [3.8, 4) is 11.4 Å². The molecule has 0 radical (unpaired) electrons. The van der Waals surface area contributed by atoms with Crippen molar-refractivity contribution in [3.05, 3.63) is 41.7 Å². The molecular weight excluding hydrogens is 272 g/mol. The lowest BCUT2D eigenvalue weighted by Crippen LogP contribution is -2.21. The minimum absolute atomic E-state index is 0.353. The maximum atomic E-state index is 9.26. The Hall–Kier alpha value is -1.61. The molecule has 0 aliphatic heterocycles. The number of benzene rings is 1. The van der Waals surface area contributed by atoms with Gasteiger partial charge in [-0.1, -0.05) is 12.1 Å². The third kappa shape index (κ3) is 3.25. The standard InChI is InChI=1S/C19H26N2O/c1-14-3-8-18(11-15(14)2)19-20-9-10-21(19)12-16-4-6-17(13-22)7-5-16/h3,8-11,16-17,22H,4-7,12-13H2,1-2H3. The monoisotopic (exact) mass is 298 g/mol. The fraction of sp³-hybridized carbons (Fsp3) is 0.526. The molecule has 1 heterocycles. The van der Waals surface area contributed by atoms with Gasteiger partial charge in [-0.05, 0) is 68.6 Å². The largest absolute Gasteiger partial charge is 0.396 e. The lowest BCUT2D eigenvalue weighted by molar-refractivity contribution is 0.161. The third-order valence-corrected chi connectivity index (χ3v) is 5.16. The van der Waals surface area contributed by atoms with E-state index in [0.717, 1.165) is 25.2 Å². The summed E-state index contributed by atoms with van der Waals surface area (Å²) in [5.74, 6) is 2.31. The topological polar surface area (TPSA) is 38.0 Å². The second-order valence-electron chi connectivity index (χ2n) is 6.77. The van der Waals surface area contributed by atoms with Gasteiger partial charge in [-0.2, -0.15) is 0 Å². The van der Waals surface area contributed by atoms with Crippen LogP contribution in [-0.4, -0.2) is 21.3 Å². The summed E-state index contributed by atoms with van der Waals surface area (Å²) in [6, 6.07) is 6.58. The van der Waals surface area contributed by atoms with Gasteiger partial charge in [0.25, 0.3) is 0 Å². The molecule has 1 fully saturated rings. The molecule has 2 aromatic rings. The summed E-state index contributed by atoms with van der Waals surface area (Å²) >= 11 is 0. The molecule has 0 spiro atoms. The van der Waals surface area contributed by atoms with Crippen LogP contribution in [0.2, 0.25) is 0 Å². The van der Waals surface area contributed by atoms with E-state index < -0.39 is 0 Å². The average Bonchev–Trinajstić information content (AvgIpc) is 2.99. The van der Waals surface area contributed by atoms with Gasteiger partial charge in [0.2, 0.25) is 0 Å². The Labute approximate surface area is 133 Å². The first kappa shape index (κ1) is 15.3. The highest BCUT2D eigenvalue weighted by atomic mass is 16.3. The molecule has 0 bridgehead atoms. The van der Waals surface area contributed by atoms with Crippen LogP contribution in [0, 0.1) is 25.7 Å². The van der Waals surface area contributed by atoms with Crippen molar-refractivity contribution in [3.63, 3.8) is 0 Å². The Morgan fingerprint density at radius 1 is 1.09 bits per heavy atom. The van der Waals surface area contributed by atoms with Crippen molar-refractivity contribution >= 4 is 0 Å². The number of hydrogen-bond donors (Lipinski definition) is 1. The van der Waals surface area contributed by atoms with E-state index >= 15 is 0 Å². The first-order valence-corrected chi connectivity index (χ1v) is 8.37. The van der Waals surface area contributed by atoms with Crippen LogP contribution in [-0.2, 0) is 6.54 Å². The fourth-order valence-corrected chi connectivity index (χ4v) is 3.47. The summed E-state index contributed by atoms with van der Waals surface area (Å²) in [4.78, 5) is 4.58. The van der Waals surface area contributed by atoms with Crippen LogP contribution in [0.5, 0.6) is 0 Å². The van der Waals surface area contributed by atoms with E-state index in [0.29, 0.717) is 18.4 Å². The van der Waals surface area contributed by atoms with Gasteiger partial charge in [0, 0.05) is 31.1 Å². The summed E-state index contributed by atoms with van der Waals surface area (Å²) in [6.45, 7) is 5.69. The molecule has 3 rings (SSSR count). The second kappa shape index (κ2) is 6.66. The highest BCUT2D eigenvalue weighted by Crippen LogP contribution is 2.30. The summed E-state index contributed by atoms with van der Waals surface area (Å²) in [5.41, 5.74) is 3.84. The lowest BCUT2D eigenvalue weighted by Gasteiger charge is -2.28. The van der Waals surface area contributed by atoms with Crippen LogP contribution in [0.4, 0.5) is 0 Å². The first-order valence-electron chi connectivity index (χ1n) is 8.37. The highest BCUT2D eigenvalue weighted by molar-refractivity contribution is 5.57. The predicted molar refractivity (Wildman–Crippen MR) is 89.7 cm³/mol. The van der Waals surface area contributed by atoms with Gasteiger partial charge in [-0.3, -0.25) is 0 Å². The molecule has 0 amide bonds. The van der Waals surface area contributed by atoms with E-state index in [2.05, 4.69) is 47.8 Å². The van der Waals surface area contributed by atoms with Gasteiger partial charge in [0.1, 0.15) is 5.82 Å². The zero-order valence-corrected chi connectivity index (χ0v) is 13.6. The Morgan fingerprint density at radius 3 is 2.50 bits per heavy atom. The fourth-order valence-electron chi connectivity index (χ4n) is 3.47. The SMILES string of the molecule is Cc1ccc(-c2nccn2CC2CCC(CO)CC2)cc1C. The summed E-state index contributed by atoms with van der Waals surface area (Å²) < 4.78 is 2.30. The van der Waals surface area contributed by atoms with Crippen molar-refractivity contribution < 1.29 is 5.11 Å². The molecule has 22 heavy (non-hydrogen) atoms. The quantitative estimate of drug-likeness (QED) is 0.927. The van der Waals surface area contributed by atoms with Crippen LogP contribution < -0.4 is 0 Å². The normalized spacial score (nSPS) is 22.0. The maximum Gasteiger partial charge on any atom is 0.139 e. The zero-order chi connectivity index (χ0) is 15.5. The Bertz CT molecular complexity index is 624. The van der Waals surface area contributed by atoms with Gasteiger partial charge in [-0.15, -0.1) is 0 Å². The van der Waals surface area contributed by atoms with Crippen molar-refractivity contribution in [2.45, 2.75) is 46.1 Å². The Balaban J connectivity index is 1.74. The van der Waals surface area contributed by atoms with Gasteiger partial charge in [0.15, 0.2) is 0 Å². The van der Waals surface area contributed by atoms with E-state index in [1.54, 1.807) is 0 Å². The molecule has 1 saturated carbocycles. The molecule has 0 unspecified atom stereocenters. The van der Waals surface area contributed by atoms with Crippen molar-refractivity contribution in [1.29, 1.82) is 0 Å². The summed E-state index contributed by atoms with van der Waals surface area (Å²) in [7, 11) is 0. The highest BCUT2D eigenvalue weighted by Gasteiger charge is 2.21. The second-order valence-corrected chi connectivity index (χ2v) is 6.77. The molecule has 0 atom stereocenters. The van der Waals surface area contributed by atoms with E-state index in [-0.39, 0.29) is 0 Å². The zero-order valence-electron chi connectivity index (χ0n) is 13.6. The number of nitrogens with zero attached hydrogens (tertiary/aromatic N) is 2. The minimum atomic E-state index is 0.353. The van der Waals surface area contributed by atoms with Crippen molar-refractivity contribution in [2.75, 3.05) is 6.61 Å². The number of hydrogen-bond acceptors (Lipinski definition) is 2. The van der Waals surface area contributed by atoms with Crippen LogP contribution in [0.25, 0.3) is 11.4 Å². The third-order valence-electron chi connectivity index (χ3n) is 5.16. The molecule has 1 aliphatic carbocycles. The number of aryl methyl sites for hydroxylation is 2. The molecule has 3 heteroatoms. The van der Waals surface area contributed by atoms with E-state index in [9.17, 15) is 5.11 Å². The average molecular weight is 298 g/mol. The van der Waals surface area contributed by atoms with E-state index in [4.69, 9.17) is 0 Å². The van der Waals surface area contributed by atoms with Gasteiger partial charge < -0.3 is 9.67 Å². The number of aliphatic hydroxyl groups excluding tert-OH is 1. The number of imidazole rings is 1. The maximum absolute atomic E-state index is 9.26. The molecule has 0 saturated heterocycles. The molecule has 3 nitrogen and oxygen atoms in total. The van der Waals surface area contributed by atoms with Crippen LogP contribution in [0.15, 0.2) is 30.6 Å². The van der Waals surface area contributed by atoms with Crippen molar-refractivity contribution in [2.24, 2.45) is 11.8 Å². The molecule has 118 valence electrons. The van der Waals surface area contributed by atoms with E-state index in [1.807, 2.05) is 6.20 Å². The number of aliphatic hydroxyl groups is 1. The van der Waals surface area contributed by atoms with Gasteiger partial charge >= 0.3 is 0 Å². The van der Waals surface area contributed by atoms with E-state index in [1.165, 1.54) is 29.5 Å². The molecule has 1 N–H and O–H groups in total.